The average molecular weight is 427 g/mol. The molecule has 0 aromatic heterocycles. The molecule has 2 N–H and O–H groups in total. The molecule has 1 amide bonds. The lowest BCUT2D eigenvalue weighted by Crippen LogP contribution is -2.57. The maximum Gasteiger partial charge on any atom is 0.226 e. The zero-order valence-corrected chi connectivity index (χ0v) is 20.0. The minimum atomic E-state index is -0.306. The molecule has 1 aromatic carbocycles. The molecule has 3 aliphatic rings. The van der Waals surface area contributed by atoms with Crippen LogP contribution in [0.15, 0.2) is 30.3 Å². The van der Waals surface area contributed by atoms with Crippen molar-refractivity contribution in [2.75, 3.05) is 19.8 Å². The first kappa shape index (κ1) is 22.8. The van der Waals surface area contributed by atoms with E-state index in [2.05, 4.69) is 68.7 Å². The van der Waals surface area contributed by atoms with E-state index >= 15 is 0 Å². The van der Waals surface area contributed by atoms with Crippen LogP contribution in [0, 0.1) is 16.7 Å². The number of nitrogens with one attached hydrogen (secondary N) is 2. The topological polar surface area (TPSA) is 50.4 Å². The van der Waals surface area contributed by atoms with E-state index < -0.39 is 0 Å². The molecule has 4 rings (SSSR count). The Hall–Kier alpha value is -1.39. The Morgan fingerprint density at radius 3 is 2.65 bits per heavy atom. The van der Waals surface area contributed by atoms with Gasteiger partial charge in [-0.1, -0.05) is 44.2 Å². The fourth-order valence-electron chi connectivity index (χ4n) is 7.39. The summed E-state index contributed by atoms with van der Waals surface area (Å²) in [6, 6.07) is 11.8. The number of benzene rings is 1. The van der Waals surface area contributed by atoms with Gasteiger partial charge in [0.05, 0.1) is 6.61 Å². The summed E-state index contributed by atoms with van der Waals surface area (Å²) in [6.07, 6.45) is 7.46. The van der Waals surface area contributed by atoms with Crippen molar-refractivity contribution >= 4 is 5.91 Å². The van der Waals surface area contributed by atoms with Gasteiger partial charge in [0.1, 0.15) is 0 Å². The minimum absolute atomic E-state index is 0.0573. The molecular formula is C27H42N2O2. The first-order valence-corrected chi connectivity index (χ1v) is 12.4. The minimum Gasteiger partial charge on any atom is -0.381 e. The summed E-state index contributed by atoms with van der Waals surface area (Å²) >= 11 is 0. The molecule has 6 atom stereocenters. The summed E-state index contributed by atoms with van der Waals surface area (Å²) in [5.41, 5.74) is 1.34. The average Bonchev–Trinajstić information content (AvgIpc) is 2.72. The van der Waals surface area contributed by atoms with E-state index in [0.29, 0.717) is 18.0 Å². The SMILES string of the molecule is CCOC[C@@]1(C)CC2CC(C)(C(=O)NC3CCN[C@H](C)C3)CC(c3ccccc3)(C2)C1. The van der Waals surface area contributed by atoms with Crippen molar-refractivity contribution < 1.29 is 9.53 Å². The number of ether oxygens (including phenoxy) is 1. The van der Waals surface area contributed by atoms with Gasteiger partial charge in [-0.25, -0.2) is 0 Å². The Balaban J connectivity index is 1.59. The number of amides is 1. The highest BCUT2D eigenvalue weighted by Gasteiger charge is 2.56. The summed E-state index contributed by atoms with van der Waals surface area (Å²) in [6.45, 7) is 11.5. The van der Waals surface area contributed by atoms with Gasteiger partial charge < -0.3 is 15.4 Å². The monoisotopic (exact) mass is 426 g/mol. The smallest absolute Gasteiger partial charge is 0.226 e. The third-order valence-electron chi connectivity index (χ3n) is 8.24. The van der Waals surface area contributed by atoms with Crippen molar-refractivity contribution in [2.45, 2.75) is 90.1 Å². The van der Waals surface area contributed by atoms with E-state index in [0.717, 1.165) is 58.3 Å². The fourth-order valence-corrected chi connectivity index (χ4v) is 7.39. The van der Waals surface area contributed by atoms with E-state index in [9.17, 15) is 4.79 Å². The summed E-state index contributed by atoms with van der Waals surface area (Å²) in [7, 11) is 0. The standard InChI is InChI=1S/C27H42N2O2/c1-5-31-19-25(3)14-21-15-26(4,24(30)29-23-11-12-28-20(2)13-23)18-27(16-21,17-25)22-9-7-6-8-10-22/h6-10,20-21,23,28H,5,11-19H2,1-4H3,(H,29,30)/t20-,21?,23?,25+,26?,27?/m1/s1. The maximum absolute atomic E-state index is 13.7. The molecule has 1 saturated heterocycles. The first-order chi connectivity index (χ1) is 14.8. The van der Waals surface area contributed by atoms with Gasteiger partial charge in [-0.3, -0.25) is 4.79 Å². The molecule has 0 spiro atoms. The predicted molar refractivity (Wildman–Crippen MR) is 126 cm³/mol. The molecule has 172 valence electrons. The van der Waals surface area contributed by atoms with E-state index in [-0.39, 0.29) is 22.2 Å². The van der Waals surface area contributed by atoms with Crippen molar-refractivity contribution in [3.63, 3.8) is 0 Å². The van der Waals surface area contributed by atoms with Gasteiger partial charge in [0, 0.05) is 24.1 Å². The van der Waals surface area contributed by atoms with Crippen LogP contribution in [0.5, 0.6) is 0 Å². The molecule has 1 aromatic rings. The molecule has 3 fully saturated rings. The van der Waals surface area contributed by atoms with Crippen LogP contribution in [0.4, 0.5) is 0 Å². The van der Waals surface area contributed by atoms with Crippen LogP contribution in [0.3, 0.4) is 0 Å². The van der Waals surface area contributed by atoms with Gasteiger partial charge in [-0.15, -0.1) is 0 Å². The molecule has 1 aliphatic heterocycles. The Labute approximate surface area is 188 Å². The molecular weight excluding hydrogens is 384 g/mol. The number of piperidine rings is 1. The zero-order chi connectivity index (χ0) is 22.1. The Kier molecular flexibility index (Phi) is 6.52. The summed E-state index contributed by atoms with van der Waals surface area (Å²) in [5.74, 6) is 0.848. The number of hydrogen-bond acceptors (Lipinski definition) is 3. The highest BCUT2D eigenvalue weighted by atomic mass is 16.5. The van der Waals surface area contributed by atoms with Crippen LogP contribution in [0.25, 0.3) is 0 Å². The van der Waals surface area contributed by atoms with Gasteiger partial charge in [0.15, 0.2) is 0 Å². The van der Waals surface area contributed by atoms with Gasteiger partial charge in [0.25, 0.3) is 0 Å². The molecule has 4 heteroatoms. The molecule has 31 heavy (non-hydrogen) atoms. The molecule has 4 unspecified atom stereocenters. The van der Waals surface area contributed by atoms with Crippen LogP contribution in [0.1, 0.15) is 78.2 Å². The van der Waals surface area contributed by atoms with Crippen molar-refractivity contribution in [2.24, 2.45) is 16.7 Å². The number of hydrogen-bond donors (Lipinski definition) is 2. The Morgan fingerprint density at radius 2 is 1.94 bits per heavy atom. The van der Waals surface area contributed by atoms with Crippen LogP contribution < -0.4 is 10.6 Å². The van der Waals surface area contributed by atoms with Crippen LogP contribution in [0.2, 0.25) is 0 Å². The Morgan fingerprint density at radius 1 is 1.16 bits per heavy atom. The predicted octanol–water partition coefficient (Wildman–Crippen LogP) is 4.82. The van der Waals surface area contributed by atoms with E-state index in [1.165, 1.54) is 12.0 Å². The van der Waals surface area contributed by atoms with Crippen molar-refractivity contribution in [3.05, 3.63) is 35.9 Å². The van der Waals surface area contributed by atoms with Crippen molar-refractivity contribution in [3.8, 4) is 0 Å². The molecule has 2 saturated carbocycles. The maximum atomic E-state index is 13.7. The fraction of sp³-hybridized carbons (Fsp3) is 0.741. The third kappa shape index (κ3) is 4.85. The highest BCUT2D eigenvalue weighted by Crippen LogP contribution is 2.61. The number of rotatable bonds is 6. The molecule has 2 aliphatic carbocycles. The second-order valence-corrected chi connectivity index (χ2v) is 11.5. The number of carbonyl (C=O) groups excluding carboxylic acids is 1. The third-order valence-corrected chi connectivity index (χ3v) is 8.24. The largest absolute Gasteiger partial charge is 0.381 e. The van der Waals surface area contributed by atoms with E-state index in [1.807, 2.05) is 0 Å². The lowest BCUT2D eigenvalue weighted by Gasteiger charge is -2.57. The van der Waals surface area contributed by atoms with Crippen LogP contribution in [-0.2, 0) is 14.9 Å². The van der Waals surface area contributed by atoms with Gasteiger partial charge >= 0.3 is 0 Å². The van der Waals surface area contributed by atoms with Gasteiger partial charge in [-0.05, 0) is 87.6 Å². The Bertz CT molecular complexity index is 768. The van der Waals surface area contributed by atoms with Crippen molar-refractivity contribution in [1.29, 1.82) is 0 Å². The highest BCUT2D eigenvalue weighted by molar-refractivity contribution is 5.83. The second-order valence-electron chi connectivity index (χ2n) is 11.5. The lowest BCUT2D eigenvalue weighted by molar-refractivity contribution is -0.140. The summed E-state index contributed by atoms with van der Waals surface area (Å²) in [5, 5.41) is 6.97. The first-order valence-electron chi connectivity index (χ1n) is 12.4. The normalized spacial score (nSPS) is 40.3. The van der Waals surface area contributed by atoms with Gasteiger partial charge in [-0.2, -0.15) is 0 Å². The van der Waals surface area contributed by atoms with Gasteiger partial charge in [0.2, 0.25) is 5.91 Å². The molecule has 1 heterocycles. The van der Waals surface area contributed by atoms with Crippen LogP contribution >= 0.6 is 0 Å². The molecule has 4 nitrogen and oxygen atoms in total. The van der Waals surface area contributed by atoms with E-state index in [4.69, 9.17) is 4.74 Å². The molecule has 0 radical (unpaired) electrons. The molecule has 2 bridgehead atoms. The van der Waals surface area contributed by atoms with Crippen LogP contribution in [-0.4, -0.2) is 37.7 Å². The summed E-state index contributed by atoms with van der Waals surface area (Å²) < 4.78 is 5.95. The lowest BCUT2D eigenvalue weighted by atomic mass is 9.47. The number of fused-ring (bicyclic) bond motifs is 2. The quantitative estimate of drug-likeness (QED) is 0.685. The summed E-state index contributed by atoms with van der Waals surface area (Å²) in [4.78, 5) is 13.7. The second kappa shape index (κ2) is 8.86. The number of carbonyl (C=O) groups is 1. The van der Waals surface area contributed by atoms with E-state index in [1.54, 1.807) is 0 Å². The van der Waals surface area contributed by atoms with Crippen molar-refractivity contribution in [1.82, 2.24) is 10.6 Å². The zero-order valence-electron chi connectivity index (χ0n) is 20.0.